The first kappa shape index (κ1) is 24.9. The second-order valence-electron chi connectivity index (χ2n) is 12.9. The lowest BCUT2D eigenvalue weighted by molar-refractivity contribution is -0.990. The van der Waals surface area contributed by atoms with Crippen LogP contribution >= 0.6 is 0 Å². The van der Waals surface area contributed by atoms with E-state index < -0.39 is 17.9 Å². The van der Waals surface area contributed by atoms with E-state index in [2.05, 4.69) is 75.9 Å². The molecule has 0 bridgehead atoms. The van der Waals surface area contributed by atoms with E-state index >= 15 is 0 Å². The van der Waals surface area contributed by atoms with Crippen molar-refractivity contribution in [3.05, 3.63) is 77.5 Å². The van der Waals surface area contributed by atoms with Crippen molar-refractivity contribution in [2.45, 2.75) is 71.4 Å². The van der Waals surface area contributed by atoms with Crippen molar-refractivity contribution in [1.29, 1.82) is 0 Å². The highest BCUT2D eigenvalue weighted by Crippen LogP contribution is 2.41. The van der Waals surface area contributed by atoms with Gasteiger partial charge in [-0.05, 0) is 46.4 Å². The SMILES string of the molecule is Cc1cc2n(n1)C1(n3nc(C(F)(F)F)nc3-c3cc4cc(C(C)(C)C)ccc4c[n+]31)[n+]1ccc(C(C)(C)C)cc1-2. The fourth-order valence-corrected chi connectivity index (χ4v) is 5.89. The van der Waals surface area contributed by atoms with Gasteiger partial charge < -0.3 is 0 Å². The molecule has 204 valence electrons. The van der Waals surface area contributed by atoms with Gasteiger partial charge in [0.25, 0.3) is 11.5 Å². The zero-order chi connectivity index (χ0) is 28.6. The fourth-order valence-electron chi connectivity index (χ4n) is 5.89. The summed E-state index contributed by atoms with van der Waals surface area (Å²) in [5, 5.41) is 10.8. The Bertz CT molecular complexity index is 1880. The van der Waals surface area contributed by atoms with Crippen molar-refractivity contribution >= 4 is 10.8 Å². The summed E-state index contributed by atoms with van der Waals surface area (Å²) in [5.41, 5.74) is 4.94. The minimum Gasteiger partial charge on any atom is -0.197 e. The number of hydrogen-bond acceptors (Lipinski definition) is 3. The molecule has 6 heterocycles. The topological polar surface area (TPSA) is 56.3 Å². The second-order valence-corrected chi connectivity index (χ2v) is 12.9. The van der Waals surface area contributed by atoms with Gasteiger partial charge in [0.15, 0.2) is 12.4 Å². The van der Waals surface area contributed by atoms with Crippen molar-refractivity contribution in [3.63, 3.8) is 0 Å². The minimum absolute atomic E-state index is 0.0858. The van der Waals surface area contributed by atoms with Gasteiger partial charge in [-0.1, -0.05) is 67.5 Å². The molecule has 4 aromatic heterocycles. The Balaban J connectivity index is 1.61. The lowest BCUT2D eigenvalue weighted by atomic mass is 9.86. The quantitative estimate of drug-likeness (QED) is 0.243. The van der Waals surface area contributed by atoms with Gasteiger partial charge in [-0.3, -0.25) is 0 Å². The van der Waals surface area contributed by atoms with Crippen LogP contribution in [0.2, 0.25) is 0 Å². The molecular formula is C30H30F3N7+2. The molecule has 40 heavy (non-hydrogen) atoms. The highest BCUT2D eigenvalue weighted by molar-refractivity contribution is 5.84. The van der Waals surface area contributed by atoms with E-state index in [0.717, 1.165) is 39.0 Å². The predicted octanol–water partition coefficient (Wildman–Crippen LogP) is 5.30. The van der Waals surface area contributed by atoms with E-state index in [0.29, 0.717) is 5.69 Å². The Morgan fingerprint density at radius 3 is 2.12 bits per heavy atom. The van der Waals surface area contributed by atoms with Crippen molar-refractivity contribution < 1.29 is 22.3 Å². The van der Waals surface area contributed by atoms with E-state index in [1.54, 1.807) is 4.68 Å². The van der Waals surface area contributed by atoms with Crippen LogP contribution in [0.4, 0.5) is 13.2 Å². The first-order chi connectivity index (χ1) is 18.6. The van der Waals surface area contributed by atoms with Gasteiger partial charge in [-0.2, -0.15) is 23.3 Å². The maximum atomic E-state index is 14.0. The molecule has 2 aliphatic heterocycles. The number of halogens is 3. The van der Waals surface area contributed by atoms with Crippen molar-refractivity contribution in [2.24, 2.45) is 0 Å². The van der Waals surface area contributed by atoms with Crippen LogP contribution in [0.5, 0.6) is 0 Å². The molecule has 0 saturated heterocycles. The van der Waals surface area contributed by atoms with Gasteiger partial charge in [-0.25, -0.2) is 0 Å². The highest BCUT2D eigenvalue weighted by atomic mass is 19.4. The largest absolute Gasteiger partial charge is 0.584 e. The molecule has 0 fully saturated rings. The number of hydrogen-bond donors (Lipinski definition) is 0. The third-order valence-corrected chi connectivity index (χ3v) is 7.99. The number of rotatable bonds is 0. The summed E-state index contributed by atoms with van der Waals surface area (Å²) in [7, 11) is 0. The molecule has 1 unspecified atom stereocenters. The number of alkyl halides is 3. The molecule has 7 nitrogen and oxygen atoms in total. The standard InChI is InChI=1S/C30H30F3N7/c1-17-12-23-22-15-21(28(5,6)7)10-11-37(22)30(39(23)35-17)38-16-18-8-9-20(27(2,3)4)13-19(18)14-24(38)25-34-26(29(31,32)33)36-40(25)30/h8-16H,1-7H3/q+2. The van der Waals surface area contributed by atoms with Crippen molar-refractivity contribution in [3.8, 4) is 22.9 Å². The maximum Gasteiger partial charge on any atom is 0.584 e. The average molecular weight is 546 g/mol. The minimum atomic E-state index is -4.70. The van der Waals surface area contributed by atoms with Gasteiger partial charge in [0.2, 0.25) is 11.5 Å². The Morgan fingerprint density at radius 1 is 0.750 bits per heavy atom. The number of pyridine rings is 2. The molecule has 7 rings (SSSR count). The summed E-state index contributed by atoms with van der Waals surface area (Å²) in [6.45, 7) is 14.7. The Labute approximate surface area is 229 Å². The molecule has 1 spiro atoms. The molecule has 5 aromatic rings. The number of aryl methyl sites for hydroxylation is 1. The molecular weight excluding hydrogens is 515 g/mol. The van der Waals surface area contributed by atoms with E-state index in [9.17, 15) is 13.2 Å². The van der Waals surface area contributed by atoms with Crippen LogP contribution in [0.1, 0.15) is 64.2 Å². The number of benzene rings is 1. The zero-order valence-corrected chi connectivity index (χ0v) is 23.5. The Kier molecular flexibility index (Phi) is 4.58. The average Bonchev–Trinajstić information content (AvgIpc) is 3.57. The van der Waals surface area contributed by atoms with Gasteiger partial charge in [0, 0.05) is 23.6 Å². The van der Waals surface area contributed by atoms with E-state index in [1.165, 1.54) is 4.68 Å². The van der Waals surface area contributed by atoms with Crippen LogP contribution in [-0.4, -0.2) is 24.5 Å². The molecule has 10 heteroatoms. The third kappa shape index (κ3) is 3.16. The predicted molar refractivity (Wildman–Crippen MR) is 142 cm³/mol. The molecule has 0 radical (unpaired) electrons. The number of nitrogens with zero attached hydrogens (tertiary/aromatic N) is 7. The van der Waals surface area contributed by atoms with Gasteiger partial charge in [0.05, 0.1) is 5.69 Å². The maximum absolute atomic E-state index is 14.0. The molecule has 2 aliphatic rings. The smallest absolute Gasteiger partial charge is 0.197 e. The molecule has 1 aromatic carbocycles. The highest BCUT2D eigenvalue weighted by Gasteiger charge is 2.71. The van der Waals surface area contributed by atoms with Crippen molar-refractivity contribution in [1.82, 2.24) is 24.5 Å². The fraction of sp³-hybridized carbons (Fsp3) is 0.367. The van der Waals surface area contributed by atoms with Crippen LogP contribution in [0, 0.1) is 6.92 Å². The monoisotopic (exact) mass is 545 g/mol. The van der Waals surface area contributed by atoms with E-state index in [1.807, 2.05) is 46.7 Å². The zero-order valence-electron chi connectivity index (χ0n) is 23.5. The normalized spacial score (nSPS) is 17.9. The summed E-state index contributed by atoms with van der Waals surface area (Å²) >= 11 is 0. The molecule has 0 aliphatic carbocycles. The van der Waals surface area contributed by atoms with Crippen molar-refractivity contribution in [2.75, 3.05) is 0 Å². The molecule has 1 atom stereocenters. The van der Waals surface area contributed by atoms with E-state index in [-0.39, 0.29) is 16.7 Å². The Hall–Kier alpha value is -4.08. The first-order valence-electron chi connectivity index (χ1n) is 13.3. The lowest BCUT2D eigenvalue weighted by Crippen LogP contribution is -2.77. The van der Waals surface area contributed by atoms with Crippen LogP contribution < -0.4 is 9.13 Å². The second kappa shape index (κ2) is 7.35. The summed E-state index contributed by atoms with van der Waals surface area (Å²) in [6, 6.07) is 14.2. The molecule has 0 saturated carbocycles. The first-order valence-corrected chi connectivity index (χ1v) is 13.3. The van der Waals surface area contributed by atoms with Gasteiger partial charge in [-0.15, -0.1) is 9.78 Å². The number of aromatic nitrogens is 7. The Morgan fingerprint density at radius 2 is 1.45 bits per heavy atom. The van der Waals surface area contributed by atoms with Crippen LogP contribution in [0.25, 0.3) is 33.7 Å². The van der Waals surface area contributed by atoms with Crippen LogP contribution in [0.3, 0.4) is 0 Å². The lowest BCUT2D eigenvalue weighted by Gasteiger charge is -2.20. The van der Waals surface area contributed by atoms with E-state index in [4.69, 9.17) is 5.10 Å². The summed E-state index contributed by atoms with van der Waals surface area (Å²) in [5.74, 6) is -2.44. The summed E-state index contributed by atoms with van der Waals surface area (Å²) in [6.07, 6.45) is -0.806. The molecule has 0 amide bonds. The summed E-state index contributed by atoms with van der Waals surface area (Å²) < 4.78 is 49.2. The third-order valence-electron chi connectivity index (χ3n) is 7.99. The van der Waals surface area contributed by atoms with Crippen LogP contribution in [0.15, 0.2) is 54.9 Å². The molecule has 0 N–H and O–H groups in total. The van der Waals surface area contributed by atoms with Gasteiger partial charge >= 0.3 is 12.1 Å². The van der Waals surface area contributed by atoms with Crippen LogP contribution in [-0.2, 0) is 22.9 Å². The number of fused-ring (bicyclic) bond motifs is 11. The van der Waals surface area contributed by atoms with Gasteiger partial charge in [0.1, 0.15) is 5.69 Å². The summed E-state index contributed by atoms with van der Waals surface area (Å²) in [4.78, 5) is 4.06.